The van der Waals surface area contributed by atoms with Gasteiger partial charge in [-0.25, -0.2) is 4.79 Å². The second-order valence-electron chi connectivity index (χ2n) is 7.67. The lowest BCUT2D eigenvalue weighted by Gasteiger charge is -2.19. The lowest BCUT2D eigenvalue weighted by molar-refractivity contribution is -0.146. The second-order valence-corrected chi connectivity index (χ2v) is 8.16. The van der Waals surface area contributed by atoms with Crippen LogP contribution >= 0.6 is 12.2 Å². The van der Waals surface area contributed by atoms with Gasteiger partial charge in [0.2, 0.25) is 6.41 Å². The molecule has 1 aromatic carbocycles. The van der Waals surface area contributed by atoms with Crippen LogP contribution in [0.1, 0.15) is 83.1 Å². The molecule has 168 valence electrons. The summed E-state index contributed by atoms with van der Waals surface area (Å²) in [5.74, 6) is -0.418. The molecule has 5 nitrogen and oxygen atoms in total. The van der Waals surface area contributed by atoms with Gasteiger partial charge in [0.25, 0.3) is 0 Å². The molecule has 0 saturated heterocycles. The Hall–Kier alpha value is -1.95. The number of benzene rings is 1. The number of nitrogens with one attached hydrogen (secondary N) is 2. The van der Waals surface area contributed by atoms with Crippen molar-refractivity contribution in [3.8, 4) is 0 Å². The van der Waals surface area contributed by atoms with Gasteiger partial charge in [0, 0.05) is 6.42 Å². The first-order valence-corrected chi connectivity index (χ1v) is 11.7. The molecule has 30 heavy (non-hydrogen) atoms. The van der Waals surface area contributed by atoms with Crippen molar-refractivity contribution in [2.24, 2.45) is 0 Å². The Morgan fingerprint density at radius 1 is 1.00 bits per heavy atom. The van der Waals surface area contributed by atoms with Crippen molar-refractivity contribution < 1.29 is 14.3 Å². The fraction of sp³-hybridized carbons (Fsp3) is 0.625. The van der Waals surface area contributed by atoms with E-state index in [1.807, 2.05) is 30.3 Å². The van der Waals surface area contributed by atoms with E-state index >= 15 is 0 Å². The Morgan fingerprint density at radius 3 is 2.20 bits per heavy atom. The number of carbonyl (C=O) groups is 2. The van der Waals surface area contributed by atoms with E-state index in [-0.39, 0.29) is 6.73 Å². The van der Waals surface area contributed by atoms with Crippen LogP contribution in [0, 0.1) is 0 Å². The lowest BCUT2D eigenvalue weighted by Crippen LogP contribution is -2.43. The molecule has 0 aliphatic carbocycles. The first kappa shape index (κ1) is 26.1. The molecule has 0 spiro atoms. The SMILES string of the molecule is CCCCCCCCCCCCC(=S)N[C@@H](Cc1ccccc1)C(=O)OCNC=O. The smallest absolute Gasteiger partial charge is 0.330 e. The Balaban J connectivity index is 2.29. The van der Waals surface area contributed by atoms with Gasteiger partial charge in [-0.15, -0.1) is 0 Å². The molecule has 0 unspecified atom stereocenters. The molecule has 2 N–H and O–H groups in total. The summed E-state index contributed by atoms with van der Waals surface area (Å²) in [5, 5.41) is 5.50. The summed E-state index contributed by atoms with van der Waals surface area (Å²) < 4.78 is 5.12. The van der Waals surface area contributed by atoms with Gasteiger partial charge in [-0.1, -0.05) is 107 Å². The summed E-state index contributed by atoms with van der Waals surface area (Å²) in [6.07, 6.45) is 14.5. The zero-order valence-electron chi connectivity index (χ0n) is 18.4. The monoisotopic (exact) mass is 434 g/mol. The van der Waals surface area contributed by atoms with Crippen LogP contribution in [-0.2, 0) is 20.7 Å². The van der Waals surface area contributed by atoms with Crippen molar-refractivity contribution in [1.29, 1.82) is 0 Å². The van der Waals surface area contributed by atoms with Gasteiger partial charge in [-0.2, -0.15) is 0 Å². The van der Waals surface area contributed by atoms with E-state index in [9.17, 15) is 9.59 Å². The third-order valence-electron chi connectivity index (χ3n) is 5.04. The predicted molar refractivity (Wildman–Crippen MR) is 126 cm³/mol. The zero-order valence-corrected chi connectivity index (χ0v) is 19.2. The number of hydrogen-bond acceptors (Lipinski definition) is 4. The highest BCUT2D eigenvalue weighted by Crippen LogP contribution is 2.12. The first-order valence-electron chi connectivity index (χ1n) is 11.3. The van der Waals surface area contributed by atoms with Crippen LogP contribution in [0.25, 0.3) is 0 Å². The van der Waals surface area contributed by atoms with Crippen LogP contribution in [-0.4, -0.2) is 30.1 Å². The lowest BCUT2D eigenvalue weighted by atomic mass is 10.0. The van der Waals surface area contributed by atoms with Gasteiger partial charge >= 0.3 is 5.97 Å². The van der Waals surface area contributed by atoms with Crippen molar-refractivity contribution in [1.82, 2.24) is 10.6 Å². The highest BCUT2D eigenvalue weighted by Gasteiger charge is 2.21. The molecule has 0 radical (unpaired) electrons. The molecule has 1 amide bonds. The van der Waals surface area contributed by atoms with Gasteiger partial charge in [0.1, 0.15) is 6.04 Å². The summed E-state index contributed by atoms with van der Waals surface area (Å²) in [5.41, 5.74) is 1.03. The summed E-state index contributed by atoms with van der Waals surface area (Å²) >= 11 is 5.47. The number of rotatable bonds is 18. The highest BCUT2D eigenvalue weighted by molar-refractivity contribution is 7.80. The Labute approximate surface area is 187 Å². The largest absolute Gasteiger partial charge is 0.443 e. The molecule has 6 heteroatoms. The number of unbranched alkanes of at least 4 members (excludes halogenated alkanes) is 9. The average Bonchev–Trinajstić information content (AvgIpc) is 2.75. The molecule has 1 atom stereocenters. The predicted octanol–water partition coefficient (Wildman–Crippen LogP) is 5.07. The van der Waals surface area contributed by atoms with Crippen LogP contribution in [0.4, 0.5) is 0 Å². The molecule has 0 heterocycles. The molecule has 0 aliphatic heterocycles. The maximum atomic E-state index is 12.4. The molecular formula is C24H38N2O3S. The Morgan fingerprint density at radius 2 is 1.60 bits per heavy atom. The van der Waals surface area contributed by atoms with Crippen molar-refractivity contribution in [2.75, 3.05) is 6.73 Å². The molecular weight excluding hydrogens is 396 g/mol. The fourth-order valence-corrected chi connectivity index (χ4v) is 3.62. The standard InChI is InChI=1S/C24H38N2O3S/c1-2-3-4-5-6-7-8-9-10-14-17-23(30)26-22(24(28)29-20-25-19-27)18-21-15-12-11-13-16-21/h11-13,15-16,19,22H,2-10,14,17-18,20H2,1H3,(H,25,27)(H,26,30)/t22-/m0/s1. The van der Waals surface area contributed by atoms with Crippen LogP contribution in [0.5, 0.6) is 0 Å². The van der Waals surface area contributed by atoms with E-state index < -0.39 is 12.0 Å². The van der Waals surface area contributed by atoms with E-state index in [0.717, 1.165) is 24.8 Å². The molecule has 1 rings (SSSR count). The number of esters is 1. The maximum absolute atomic E-state index is 12.4. The first-order chi connectivity index (χ1) is 14.7. The number of hydrogen-bond donors (Lipinski definition) is 2. The van der Waals surface area contributed by atoms with Gasteiger partial charge in [-0.05, 0) is 18.4 Å². The minimum Gasteiger partial charge on any atom is -0.443 e. The number of thiocarbonyl (C=S) groups is 1. The van der Waals surface area contributed by atoms with Crippen LogP contribution in [0.2, 0.25) is 0 Å². The van der Waals surface area contributed by atoms with Crippen LogP contribution < -0.4 is 10.6 Å². The minimum absolute atomic E-state index is 0.138. The van der Waals surface area contributed by atoms with E-state index in [1.54, 1.807) is 0 Å². The van der Waals surface area contributed by atoms with Crippen LogP contribution in [0.15, 0.2) is 30.3 Å². The van der Waals surface area contributed by atoms with Crippen molar-refractivity contribution in [2.45, 2.75) is 90.0 Å². The van der Waals surface area contributed by atoms with E-state index in [0.29, 0.717) is 17.8 Å². The normalized spacial score (nSPS) is 11.5. The third kappa shape index (κ3) is 13.3. The van der Waals surface area contributed by atoms with Gasteiger partial charge in [0.05, 0.1) is 4.99 Å². The number of carbonyl (C=O) groups excluding carboxylic acids is 2. The Bertz CT molecular complexity index is 595. The number of ether oxygens (including phenoxy) is 1. The highest BCUT2D eigenvalue weighted by atomic mass is 32.1. The molecule has 0 saturated carbocycles. The maximum Gasteiger partial charge on any atom is 0.330 e. The summed E-state index contributed by atoms with van der Waals surface area (Å²) in [6, 6.07) is 9.19. The molecule has 0 aliphatic rings. The second kappa shape index (κ2) is 17.9. The van der Waals surface area contributed by atoms with Gasteiger partial charge in [0.15, 0.2) is 6.73 Å². The van der Waals surface area contributed by atoms with Crippen molar-refractivity contribution in [3.63, 3.8) is 0 Å². The minimum atomic E-state index is -0.559. The number of amides is 1. The van der Waals surface area contributed by atoms with Crippen molar-refractivity contribution >= 4 is 29.6 Å². The summed E-state index contributed by atoms with van der Waals surface area (Å²) in [7, 11) is 0. The fourth-order valence-electron chi connectivity index (χ4n) is 3.33. The average molecular weight is 435 g/mol. The molecule has 1 aromatic rings. The Kier molecular flexibility index (Phi) is 15.5. The van der Waals surface area contributed by atoms with Crippen molar-refractivity contribution in [3.05, 3.63) is 35.9 Å². The molecule has 0 fully saturated rings. The quantitative estimate of drug-likeness (QED) is 0.111. The van der Waals surface area contributed by atoms with E-state index in [1.165, 1.54) is 51.4 Å². The van der Waals surface area contributed by atoms with Gasteiger partial charge < -0.3 is 15.4 Å². The molecule has 0 bridgehead atoms. The van der Waals surface area contributed by atoms with Gasteiger partial charge in [-0.3, -0.25) is 4.79 Å². The van der Waals surface area contributed by atoms with Crippen LogP contribution in [0.3, 0.4) is 0 Å². The summed E-state index contributed by atoms with van der Waals surface area (Å²) in [4.78, 5) is 23.4. The molecule has 0 aromatic heterocycles. The zero-order chi connectivity index (χ0) is 21.9. The summed E-state index contributed by atoms with van der Waals surface area (Å²) in [6.45, 7) is 2.11. The topological polar surface area (TPSA) is 67.4 Å². The third-order valence-corrected chi connectivity index (χ3v) is 5.36. The van der Waals surface area contributed by atoms with E-state index in [2.05, 4.69) is 17.6 Å². The van der Waals surface area contributed by atoms with E-state index in [4.69, 9.17) is 17.0 Å².